The Morgan fingerprint density at radius 3 is 2.77 bits per heavy atom. The molecular weight excluding hydrogens is 385 g/mol. The van der Waals surface area contributed by atoms with Gasteiger partial charge in [-0.05, 0) is 32.0 Å². The molecule has 0 bridgehead atoms. The van der Waals surface area contributed by atoms with Crippen molar-refractivity contribution in [2.75, 3.05) is 39.9 Å². The molecule has 1 saturated heterocycles. The maximum absolute atomic E-state index is 13.4. The van der Waals surface area contributed by atoms with Crippen LogP contribution in [0.4, 0.5) is 4.39 Å². The highest BCUT2D eigenvalue weighted by molar-refractivity contribution is 5.79. The zero-order valence-electron chi connectivity index (χ0n) is 17.8. The van der Waals surface area contributed by atoms with Crippen molar-refractivity contribution in [1.29, 1.82) is 0 Å². The Labute approximate surface area is 177 Å². The first-order chi connectivity index (χ1) is 14.5. The molecule has 1 aromatic heterocycles. The van der Waals surface area contributed by atoms with Gasteiger partial charge in [0, 0.05) is 56.6 Å². The van der Waals surface area contributed by atoms with Crippen LogP contribution in [0.15, 0.2) is 47.6 Å². The van der Waals surface area contributed by atoms with E-state index in [4.69, 9.17) is 9.47 Å². The second kappa shape index (κ2) is 10.4. The summed E-state index contributed by atoms with van der Waals surface area (Å²) in [5, 5.41) is 6.70. The first-order valence-electron chi connectivity index (χ1n) is 10.1. The van der Waals surface area contributed by atoms with Crippen molar-refractivity contribution in [3.05, 3.63) is 54.0 Å². The number of guanidine groups is 1. The van der Waals surface area contributed by atoms with E-state index >= 15 is 0 Å². The molecule has 0 radical (unpaired) electrons. The van der Waals surface area contributed by atoms with Crippen LogP contribution >= 0.6 is 0 Å². The summed E-state index contributed by atoms with van der Waals surface area (Å²) in [6, 6.07) is 9.77. The summed E-state index contributed by atoms with van der Waals surface area (Å²) in [6.45, 7) is 9.03. The normalized spacial score (nSPS) is 15.7. The van der Waals surface area contributed by atoms with Crippen LogP contribution in [0, 0.1) is 5.82 Å². The minimum atomic E-state index is -0.351. The van der Waals surface area contributed by atoms with Gasteiger partial charge in [-0.1, -0.05) is 12.1 Å². The molecule has 1 aliphatic rings. The molecule has 1 fully saturated rings. The molecule has 2 aromatic rings. The number of aliphatic imine (C=N–C) groups is 1. The van der Waals surface area contributed by atoms with Crippen LogP contribution in [-0.2, 0) is 11.3 Å². The lowest BCUT2D eigenvalue weighted by Gasteiger charge is -2.41. The molecule has 1 aromatic carbocycles. The molecule has 2 N–H and O–H groups in total. The molecule has 162 valence electrons. The third-order valence-corrected chi connectivity index (χ3v) is 5.09. The lowest BCUT2D eigenvalue weighted by Crippen LogP contribution is -2.56. The van der Waals surface area contributed by atoms with Crippen LogP contribution < -0.4 is 15.4 Å². The summed E-state index contributed by atoms with van der Waals surface area (Å²) in [7, 11) is 1.74. The molecule has 0 aliphatic carbocycles. The molecular formula is C22H30FN5O2. The Morgan fingerprint density at radius 2 is 2.03 bits per heavy atom. The van der Waals surface area contributed by atoms with Crippen molar-refractivity contribution in [1.82, 2.24) is 20.5 Å². The van der Waals surface area contributed by atoms with Gasteiger partial charge < -0.3 is 20.1 Å². The number of aromatic nitrogens is 1. The van der Waals surface area contributed by atoms with E-state index in [1.807, 2.05) is 12.1 Å². The van der Waals surface area contributed by atoms with Gasteiger partial charge in [0.05, 0.1) is 13.2 Å². The van der Waals surface area contributed by atoms with E-state index in [9.17, 15) is 4.39 Å². The average Bonchev–Trinajstić information content (AvgIpc) is 2.75. The summed E-state index contributed by atoms with van der Waals surface area (Å²) in [5.74, 6) is 1.18. The number of nitrogens with zero attached hydrogens (tertiary/aromatic N) is 3. The molecule has 0 amide bonds. The van der Waals surface area contributed by atoms with Crippen molar-refractivity contribution in [2.45, 2.75) is 25.9 Å². The number of nitrogens with one attached hydrogen (secondary N) is 2. The summed E-state index contributed by atoms with van der Waals surface area (Å²) < 4.78 is 24.7. The molecule has 7 nitrogen and oxygen atoms in total. The van der Waals surface area contributed by atoms with Crippen molar-refractivity contribution in [2.24, 2.45) is 4.99 Å². The fraction of sp³-hybridized carbons (Fsp3) is 0.455. The van der Waals surface area contributed by atoms with Crippen LogP contribution in [-0.4, -0.2) is 61.3 Å². The number of hydrogen-bond donors (Lipinski definition) is 2. The highest BCUT2D eigenvalue weighted by Crippen LogP contribution is 2.23. The van der Waals surface area contributed by atoms with Crippen molar-refractivity contribution >= 4 is 5.96 Å². The van der Waals surface area contributed by atoms with E-state index in [1.165, 1.54) is 12.1 Å². The third kappa shape index (κ3) is 6.14. The number of hydrogen-bond acceptors (Lipinski definition) is 5. The van der Waals surface area contributed by atoms with E-state index in [-0.39, 0.29) is 11.4 Å². The predicted octanol–water partition coefficient (Wildman–Crippen LogP) is 2.79. The lowest BCUT2D eigenvalue weighted by molar-refractivity contribution is -0.00834. The van der Waals surface area contributed by atoms with E-state index in [0.717, 1.165) is 38.4 Å². The maximum atomic E-state index is 13.4. The van der Waals surface area contributed by atoms with E-state index in [2.05, 4.69) is 39.4 Å². The van der Waals surface area contributed by atoms with Gasteiger partial charge in [-0.25, -0.2) is 9.37 Å². The zero-order valence-corrected chi connectivity index (χ0v) is 17.8. The molecule has 2 heterocycles. The Balaban J connectivity index is 1.57. The van der Waals surface area contributed by atoms with Crippen LogP contribution in [0.2, 0.25) is 0 Å². The topological polar surface area (TPSA) is 71.0 Å². The predicted molar refractivity (Wildman–Crippen MR) is 115 cm³/mol. The first-order valence-corrected chi connectivity index (χ1v) is 10.1. The Hall–Kier alpha value is -2.71. The van der Waals surface area contributed by atoms with Crippen LogP contribution in [0.3, 0.4) is 0 Å². The third-order valence-electron chi connectivity index (χ3n) is 5.09. The fourth-order valence-electron chi connectivity index (χ4n) is 3.27. The second-order valence-electron chi connectivity index (χ2n) is 7.72. The highest BCUT2D eigenvalue weighted by atomic mass is 19.1. The number of pyridine rings is 1. The van der Waals surface area contributed by atoms with Crippen LogP contribution in [0.5, 0.6) is 11.6 Å². The average molecular weight is 416 g/mol. The van der Waals surface area contributed by atoms with Gasteiger partial charge in [-0.15, -0.1) is 0 Å². The molecule has 0 saturated carbocycles. The molecule has 0 atom stereocenters. The molecule has 30 heavy (non-hydrogen) atoms. The maximum Gasteiger partial charge on any atom is 0.224 e. The van der Waals surface area contributed by atoms with Crippen LogP contribution in [0.25, 0.3) is 0 Å². The number of rotatable bonds is 7. The Kier molecular flexibility index (Phi) is 7.59. The largest absolute Gasteiger partial charge is 0.439 e. The van der Waals surface area contributed by atoms with E-state index in [0.29, 0.717) is 24.1 Å². The van der Waals surface area contributed by atoms with E-state index < -0.39 is 0 Å². The first kappa shape index (κ1) is 22.0. The summed E-state index contributed by atoms with van der Waals surface area (Å²) in [5.41, 5.74) is 0.818. The smallest absolute Gasteiger partial charge is 0.224 e. The van der Waals surface area contributed by atoms with Gasteiger partial charge in [-0.2, -0.15) is 0 Å². The molecule has 0 spiro atoms. The van der Waals surface area contributed by atoms with Gasteiger partial charge in [0.2, 0.25) is 5.88 Å². The van der Waals surface area contributed by atoms with Crippen molar-refractivity contribution in [3.63, 3.8) is 0 Å². The minimum Gasteiger partial charge on any atom is -0.439 e. The standard InChI is InChI=1S/C22H30FN5O2/c1-22(2,28-10-12-29-13-11-28)16-27-21(24-3)26-15-17-6-5-9-25-20(17)30-19-8-4-7-18(23)14-19/h4-9,14H,10-13,15-16H2,1-3H3,(H2,24,26,27). The van der Waals surface area contributed by atoms with Crippen molar-refractivity contribution < 1.29 is 13.9 Å². The molecule has 1 aliphatic heterocycles. The number of ether oxygens (including phenoxy) is 2. The number of morpholine rings is 1. The fourth-order valence-corrected chi connectivity index (χ4v) is 3.27. The number of halogens is 1. The monoisotopic (exact) mass is 415 g/mol. The quantitative estimate of drug-likeness (QED) is 0.535. The summed E-state index contributed by atoms with van der Waals surface area (Å²) >= 11 is 0. The van der Waals surface area contributed by atoms with Gasteiger partial charge in [0.1, 0.15) is 11.6 Å². The van der Waals surface area contributed by atoms with Crippen molar-refractivity contribution in [3.8, 4) is 11.6 Å². The SMILES string of the molecule is CN=C(NCc1cccnc1Oc1cccc(F)c1)NCC(C)(C)N1CCOCC1. The molecule has 0 unspecified atom stereocenters. The molecule has 8 heteroatoms. The number of benzene rings is 1. The van der Waals surface area contributed by atoms with Gasteiger partial charge in [0.15, 0.2) is 5.96 Å². The summed E-state index contributed by atoms with van der Waals surface area (Å²) in [4.78, 5) is 11.0. The van der Waals surface area contributed by atoms with E-state index in [1.54, 1.807) is 25.4 Å². The molecule has 3 rings (SSSR count). The minimum absolute atomic E-state index is 0.0264. The zero-order chi connectivity index (χ0) is 21.4. The van der Waals surface area contributed by atoms with Gasteiger partial charge in [-0.3, -0.25) is 9.89 Å². The Bertz CT molecular complexity index is 853. The van der Waals surface area contributed by atoms with Crippen LogP contribution in [0.1, 0.15) is 19.4 Å². The van der Waals surface area contributed by atoms with Gasteiger partial charge >= 0.3 is 0 Å². The highest BCUT2D eigenvalue weighted by Gasteiger charge is 2.28. The van der Waals surface area contributed by atoms with Gasteiger partial charge in [0.25, 0.3) is 0 Å². The summed E-state index contributed by atoms with van der Waals surface area (Å²) in [6.07, 6.45) is 1.65. The second-order valence-corrected chi connectivity index (χ2v) is 7.72. The Morgan fingerprint density at radius 1 is 1.23 bits per heavy atom. The lowest BCUT2D eigenvalue weighted by atomic mass is 10.0.